The third-order valence-electron chi connectivity index (χ3n) is 5.65. The molecule has 6 nitrogen and oxygen atoms in total. The summed E-state index contributed by atoms with van der Waals surface area (Å²) in [4.78, 5) is 33.7. The molecule has 0 radical (unpaired) electrons. The van der Waals surface area contributed by atoms with Crippen LogP contribution in [0.3, 0.4) is 0 Å². The molecule has 0 bridgehead atoms. The highest BCUT2D eigenvalue weighted by Crippen LogP contribution is 2.34. The van der Waals surface area contributed by atoms with E-state index < -0.39 is 17.8 Å². The number of nitrogens with one attached hydrogen (secondary N) is 1. The number of rotatable bonds is 7. The zero-order valence-corrected chi connectivity index (χ0v) is 20.5. The largest absolute Gasteiger partial charge is 0.376 e. The van der Waals surface area contributed by atoms with Crippen LogP contribution in [0.25, 0.3) is 0 Å². The van der Waals surface area contributed by atoms with Crippen LogP contribution in [0, 0.1) is 19.7 Å². The molecular weight excluding hydrogens is 477 g/mol. The molecule has 2 heterocycles. The molecule has 1 aromatic heterocycles. The third kappa shape index (κ3) is 5.29. The van der Waals surface area contributed by atoms with E-state index in [0.29, 0.717) is 35.0 Å². The van der Waals surface area contributed by atoms with Gasteiger partial charge in [-0.25, -0.2) is 9.37 Å². The molecule has 1 N–H and O–H groups in total. The van der Waals surface area contributed by atoms with Gasteiger partial charge in [-0.05, 0) is 50.5 Å². The van der Waals surface area contributed by atoms with Crippen LogP contribution in [-0.4, -0.2) is 36.1 Å². The van der Waals surface area contributed by atoms with Gasteiger partial charge in [0.1, 0.15) is 16.7 Å². The van der Waals surface area contributed by atoms with E-state index in [-0.39, 0.29) is 17.0 Å². The number of hydrogen-bond donors (Lipinski definition) is 1. The van der Waals surface area contributed by atoms with E-state index in [1.807, 2.05) is 13.0 Å². The zero-order chi connectivity index (χ0) is 24.2. The van der Waals surface area contributed by atoms with E-state index in [9.17, 15) is 14.0 Å². The minimum absolute atomic E-state index is 0.0591. The summed E-state index contributed by atoms with van der Waals surface area (Å²) in [5.41, 5.74) is 1.49. The van der Waals surface area contributed by atoms with Gasteiger partial charge in [-0.15, -0.1) is 11.3 Å². The Morgan fingerprint density at radius 1 is 1.26 bits per heavy atom. The zero-order valence-electron chi connectivity index (χ0n) is 18.9. The summed E-state index contributed by atoms with van der Waals surface area (Å²) in [6.07, 6.45) is 1.76. The summed E-state index contributed by atoms with van der Waals surface area (Å²) < 4.78 is 19.6. The van der Waals surface area contributed by atoms with Crippen molar-refractivity contribution in [2.45, 2.75) is 38.8 Å². The van der Waals surface area contributed by atoms with Crippen molar-refractivity contribution in [1.82, 2.24) is 10.3 Å². The average Bonchev–Trinajstić information content (AvgIpc) is 3.47. The minimum Gasteiger partial charge on any atom is -0.376 e. The van der Waals surface area contributed by atoms with Crippen molar-refractivity contribution >= 4 is 40.4 Å². The molecule has 1 fully saturated rings. The van der Waals surface area contributed by atoms with E-state index in [4.69, 9.17) is 16.3 Å². The average molecular weight is 502 g/mol. The Labute approximate surface area is 206 Å². The number of thiazole rings is 1. The first kappa shape index (κ1) is 24.3. The van der Waals surface area contributed by atoms with Crippen molar-refractivity contribution in [3.05, 3.63) is 80.5 Å². The second-order valence-corrected chi connectivity index (χ2v) is 9.72. The highest BCUT2D eigenvalue weighted by Gasteiger charge is 2.35. The number of carbonyl (C=O) groups is 2. The first-order chi connectivity index (χ1) is 16.3. The second kappa shape index (κ2) is 10.6. The van der Waals surface area contributed by atoms with E-state index in [1.54, 1.807) is 31.2 Å². The summed E-state index contributed by atoms with van der Waals surface area (Å²) in [6, 6.07) is 12.0. The number of carbonyl (C=O) groups excluding carboxylic acids is 2. The summed E-state index contributed by atoms with van der Waals surface area (Å²) in [5, 5.41) is 3.54. The fraction of sp³-hybridized carbons (Fsp3) is 0.320. The first-order valence-corrected chi connectivity index (χ1v) is 12.2. The van der Waals surface area contributed by atoms with Gasteiger partial charge < -0.3 is 10.1 Å². The van der Waals surface area contributed by atoms with Crippen LogP contribution in [0.1, 0.15) is 44.8 Å². The second-order valence-electron chi connectivity index (χ2n) is 8.11. The number of anilines is 1. The summed E-state index contributed by atoms with van der Waals surface area (Å²) in [7, 11) is 0. The van der Waals surface area contributed by atoms with Crippen LogP contribution in [0.5, 0.6) is 0 Å². The fourth-order valence-corrected chi connectivity index (χ4v) is 5.06. The number of aromatic nitrogens is 1. The van der Waals surface area contributed by atoms with Gasteiger partial charge in [0.25, 0.3) is 5.91 Å². The SMILES string of the molecule is Cc1nc(C)c(C(=O)N(c2ccc(F)c(Cl)c2)[C@@H](C(=O)NC[C@@H]2CCCO2)c2ccccc2)s1. The normalized spacial score (nSPS) is 16.3. The lowest BCUT2D eigenvalue weighted by Gasteiger charge is -2.31. The van der Waals surface area contributed by atoms with Crippen molar-refractivity contribution in [3.63, 3.8) is 0 Å². The summed E-state index contributed by atoms with van der Waals surface area (Å²) in [6.45, 7) is 4.58. The molecule has 2 atom stereocenters. The van der Waals surface area contributed by atoms with Crippen molar-refractivity contribution in [3.8, 4) is 0 Å². The van der Waals surface area contributed by atoms with Gasteiger partial charge in [0, 0.05) is 18.8 Å². The van der Waals surface area contributed by atoms with Crippen molar-refractivity contribution < 1.29 is 18.7 Å². The minimum atomic E-state index is -1.02. The monoisotopic (exact) mass is 501 g/mol. The Morgan fingerprint density at radius 3 is 2.65 bits per heavy atom. The van der Waals surface area contributed by atoms with Gasteiger partial charge in [-0.2, -0.15) is 0 Å². The molecule has 2 aromatic carbocycles. The molecule has 2 amide bonds. The van der Waals surface area contributed by atoms with Crippen molar-refractivity contribution in [2.75, 3.05) is 18.1 Å². The number of benzene rings is 2. The Balaban J connectivity index is 1.79. The quantitative estimate of drug-likeness (QED) is 0.481. The molecule has 0 saturated carbocycles. The van der Waals surface area contributed by atoms with Crippen molar-refractivity contribution in [2.24, 2.45) is 0 Å². The molecule has 1 aliphatic rings. The standard InChI is InChI=1S/C25H25ClFN3O3S/c1-15-23(34-16(2)29-15)25(32)30(18-10-11-21(27)20(26)13-18)22(17-7-4-3-5-8-17)24(31)28-14-19-9-6-12-33-19/h3-5,7-8,10-11,13,19,22H,6,9,12,14H2,1-2H3,(H,28,31)/t19-,22+/m0/s1. The van der Waals surface area contributed by atoms with Crippen LogP contribution in [0.15, 0.2) is 48.5 Å². The van der Waals surface area contributed by atoms with E-state index in [1.165, 1.54) is 34.4 Å². The molecule has 0 unspecified atom stereocenters. The van der Waals surface area contributed by atoms with Crippen LogP contribution in [0.4, 0.5) is 10.1 Å². The lowest BCUT2D eigenvalue weighted by molar-refractivity contribution is -0.123. The number of hydrogen-bond acceptors (Lipinski definition) is 5. The van der Waals surface area contributed by atoms with Gasteiger partial charge in [-0.3, -0.25) is 14.5 Å². The number of amides is 2. The van der Waals surface area contributed by atoms with E-state index in [0.717, 1.165) is 17.8 Å². The Kier molecular flexibility index (Phi) is 7.60. The maximum Gasteiger partial charge on any atom is 0.271 e. The third-order valence-corrected chi connectivity index (χ3v) is 7.00. The van der Waals surface area contributed by atoms with Crippen LogP contribution in [0.2, 0.25) is 5.02 Å². The molecule has 4 rings (SSSR count). The molecule has 178 valence electrons. The molecule has 1 aliphatic heterocycles. The molecular formula is C25H25ClFN3O3S. The van der Waals surface area contributed by atoms with Gasteiger partial charge in [0.05, 0.1) is 21.8 Å². The van der Waals surface area contributed by atoms with Crippen LogP contribution < -0.4 is 10.2 Å². The van der Waals surface area contributed by atoms with Crippen LogP contribution >= 0.6 is 22.9 Å². The highest BCUT2D eigenvalue weighted by molar-refractivity contribution is 7.13. The van der Waals surface area contributed by atoms with Gasteiger partial charge >= 0.3 is 0 Å². The molecule has 0 spiro atoms. The maximum absolute atomic E-state index is 14.0. The Bertz CT molecular complexity index is 1180. The number of nitrogens with zero attached hydrogens (tertiary/aromatic N) is 2. The molecule has 3 aromatic rings. The lowest BCUT2D eigenvalue weighted by Crippen LogP contribution is -2.45. The van der Waals surface area contributed by atoms with E-state index in [2.05, 4.69) is 10.3 Å². The number of aryl methyl sites for hydroxylation is 2. The smallest absolute Gasteiger partial charge is 0.271 e. The predicted octanol–water partition coefficient (Wildman–Crippen LogP) is 5.24. The first-order valence-electron chi connectivity index (χ1n) is 11.0. The maximum atomic E-state index is 14.0. The molecule has 0 aliphatic carbocycles. The fourth-order valence-electron chi connectivity index (χ4n) is 4.03. The summed E-state index contributed by atoms with van der Waals surface area (Å²) >= 11 is 7.33. The van der Waals surface area contributed by atoms with Gasteiger partial charge in [0.15, 0.2) is 0 Å². The molecule has 34 heavy (non-hydrogen) atoms. The van der Waals surface area contributed by atoms with Gasteiger partial charge in [-0.1, -0.05) is 41.9 Å². The van der Waals surface area contributed by atoms with Crippen molar-refractivity contribution in [1.29, 1.82) is 0 Å². The Hall–Kier alpha value is -2.81. The van der Waals surface area contributed by atoms with Crippen LogP contribution in [-0.2, 0) is 9.53 Å². The Morgan fingerprint density at radius 2 is 2.03 bits per heavy atom. The number of halogens is 2. The summed E-state index contributed by atoms with van der Waals surface area (Å²) in [5.74, 6) is -1.39. The molecule has 9 heteroatoms. The molecule has 1 saturated heterocycles. The lowest BCUT2D eigenvalue weighted by atomic mass is 10.0. The van der Waals surface area contributed by atoms with E-state index >= 15 is 0 Å². The van der Waals surface area contributed by atoms with Gasteiger partial charge in [0.2, 0.25) is 5.91 Å². The predicted molar refractivity (Wildman–Crippen MR) is 131 cm³/mol. The highest BCUT2D eigenvalue weighted by atomic mass is 35.5. The topological polar surface area (TPSA) is 71.5 Å². The number of ether oxygens (including phenoxy) is 1.